The van der Waals surface area contributed by atoms with Gasteiger partial charge in [0.15, 0.2) is 0 Å². The topological polar surface area (TPSA) is 55.4 Å². The molecular formula is C22H33NO3S. The highest BCUT2D eigenvalue weighted by Gasteiger charge is 2.57. The van der Waals surface area contributed by atoms with Crippen LogP contribution in [0, 0.1) is 23.7 Å². The van der Waals surface area contributed by atoms with E-state index in [-0.39, 0.29) is 11.0 Å². The van der Waals surface area contributed by atoms with Gasteiger partial charge in [-0.3, -0.25) is 0 Å². The van der Waals surface area contributed by atoms with E-state index < -0.39 is 10.0 Å². The minimum absolute atomic E-state index is 0.0101. The van der Waals surface area contributed by atoms with Crippen molar-refractivity contribution >= 4 is 10.0 Å². The van der Waals surface area contributed by atoms with E-state index in [1.807, 2.05) is 12.1 Å². The Morgan fingerprint density at radius 1 is 1.00 bits per heavy atom. The highest BCUT2D eigenvalue weighted by Crippen LogP contribution is 2.59. The molecule has 4 fully saturated rings. The normalized spacial score (nSPS) is 35.6. The summed E-state index contributed by atoms with van der Waals surface area (Å²) in [5, 5.41) is 0. The fourth-order valence-corrected chi connectivity index (χ4v) is 7.18. The first kappa shape index (κ1) is 19.4. The summed E-state index contributed by atoms with van der Waals surface area (Å²) < 4.78 is 34.8. The van der Waals surface area contributed by atoms with Crippen molar-refractivity contribution in [2.75, 3.05) is 13.7 Å². The molecule has 4 aliphatic carbocycles. The molecule has 1 aromatic rings. The number of benzene rings is 1. The van der Waals surface area contributed by atoms with Crippen molar-refractivity contribution in [1.29, 1.82) is 0 Å². The van der Waals surface area contributed by atoms with Gasteiger partial charge in [0.05, 0.1) is 10.5 Å². The lowest BCUT2D eigenvalue weighted by Gasteiger charge is -2.60. The van der Waals surface area contributed by atoms with E-state index in [9.17, 15) is 8.42 Å². The lowest BCUT2D eigenvalue weighted by Crippen LogP contribution is -2.63. The number of sulfonamides is 1. The van der Waals surface area contributed by atoms with Crippen molar-refractivity contribution in [1.82, 2.24) is 4.72 Å². The monoisotopic (exact) mass is 391 g/mol. The zero-order valence-electron chi connectivity index (χ0n) is 17.0. The lowest BCUT2D eigenvalue weighted by molar-refractivity contribution is -0.185. The molecule has 0 unspecified atom stereocenters. The first-order valence-corrected chi connectivity index (χ1v) is 11.8. The van der Waals surface area contributed by atoms with Crippen molar-refractivity contribution in [2.24, 2.45) is 23.7 Å². The highest BCUT2D eigenvalue weighted by molar-refractivity contribution is 7.89. The van der Waals surface area contributed by atoms with E-state index in [0.29, 0.717) is 23.3 Å². The Balaban J connectivity index is 1.51. The maximum Gasteiger partial charge on any atom is 0.240 e. The average molecular weight is 392 g/mol. The van der Waals surface area contributed by atoms with Gasteiger partial charge in [-0.1, -0.05) is 32.9 Å². The number of ether oxygens (including phenoxy) is 1. The molecule has 150 valence electrons. The van der Waals surface area contributed by atoms with Crippen LogP contribution in [0.25, 0.3) is 0 Å². The van der Waals surface area contributed by atoms with E-state index >= 15 is 0 Å². The minimum Gasteiger partial charge on any atom is -0.376 e. The van der Waals surface area contributed by atoms with Gasteiger partial charge in [-0.05, 0) is 78.9 Å². The van der Waals surface area contributed by atoms with Crippen LogP contribution in [0.2, 0.25) is 0 Å². The molecule has 5 heteroatoms. The Morgan fingerprint density at radius 3 is 1.96 bits per heavy atom. The molecule has 0 spiro atoms. The third-order valence-corrected chi connectivity index (χ3v) is 8.89. The maximum absolute atomic E-state index is 12.9. The van der Waals surface area contributed by atoms with Crippen LogP contribution in [0.15, 0.2) is 29.2 Å². The summed E-state index contributed by atoms with van der Waals surface area (Å²) in [6.07, 6.45) is 6.16. The van der Waals surface area contributed by atoms with E-state index in [1.54, 1.807) is 19.2 Å². The molecule has 0 amide bonds. The second-order valence-corrected chi connectivity index (χ2v) is 11.8. The second-order valence-electron chi connectivity index (χ2n) is 10.1. The van der Waals surface area contributed by atoms with Crippen LogP contribution in [0.3, 0.4) is 0 Å². The molecule has 4 aliphatic rings. The molecular weight excluding hydrogens is 358 g/mol. The Bertz CT molecular complexity index is 764. The van der Waals surface area contributed by atoms with Crippen LogP contribution in [0.4, 0.5) is 0 Å². The fourth-order valence-electron chi connectivity index (χ4n) is 6.10. The van der Waals surface area contributed by atoms with Gasteiger partial charge in [0.2, 0.25) is 10.0 Å². The van der Waals surface area contributed by atoms with Crippen molar-refractivity contribution in [3.8, 4) is 0 Å². The molecule has 0 aliphatic heterocycles. The minimum atomic E-state index is -3.53. The number of rotatable bonds is 5. The smallest absolute Gasteiger partial charge is 0.240 e. The number of nitrogens with one attached hydrogen (secondary N) is 1. The van der Waals surface area contributed by atoms with Gasteiger partial charge in [0, 0.05) is 13.7 Å². The zero-order chi connectivity index (χ0) is 19.4. The molecule has 0 atom stereocenters. The van der Waals surface area contributed by atoms with Crippen molar-refractivity contribution in [2.45, 2.75) is 68.8 Å². The second kappa shape index (κ2) is 6.57. The Labute approximate surface area is 164 Å². The quantitative estimate of drug-likeness (QED) is 0.822. The van der Waals surface area contributed by atoms with Gasteiger partial charge in [0.1, 0.15) is 0 Å². The molecule has 1 N–H and O–H groups in total. The van der Waals surface area contributed by atoms with Gasteiger partial charge in [0.25, 0.3) is 0 Å². The third-order valence-electron chi connectivity index (χ3n) is 7.47. The number of hydrogen-bond acceptors (Lipinski definition) is 3. The Kier molecular flexibility index (Phi) is 4.72. The summed E-state index contributed by atoms with van der Waals surface area (Å²) in [6, 6.07) is 7.28. The van der Waals surface area contributed by atoms with Crippen molar-refractivity contribution in [3.05, 3.63) is 29.8 Å². The van der Waals surface area contributed by atoms with E-state index in [1.165, 1.54) is 32.1 Å². The maximum atomic E-state index is 12.9. The van der Waals surface area contributed by atoms with Gasteiger partial charge < -0.3 is 4.74 Å². The van der Waals surface area contributed by atoms with E-state index in [2.05, 4.69) is 25.5 Å². The molecule has 5 rings (SSSR count). The first-order valence-electron chi connectivity index (χ1n) is 10.3. The number of methoxy groups -OCH3 is 1. The standard InChI is InChI=1S/C22H33NO3S/c1-21(2,3)17-5-7-20(8-6-17)27(24,25)23-14-22(26-4)18-10-15-9-16(12-18)13-19(22)11-15/h5-8,15-16,18-19,23H,9-14H2,1-4H3. The molecule has 4 bridgehead atoms. The molecule has 1 aromatic carbocycles. The summed E-state index contributed by atoms with van der Waals surface area (Å²) in [4.78, 5) is 0.338. The summed E-state index contributed by atoms with van der Waals surface area (Å²) in [5.74, 6) is 2.64. The zero-order valence-corrected chi connectivity index (χ0v) is 17.8. The van der Waals surface area contributed by atoms with Crippen molar-refractivity contribution in [3.63, 3.8) is 0 Å². The van der Waals surface area contributed by atoms with Crippen LogP contribution in [0.5, 0.6) is 0 Å². The Hall–Kier alpha value is -0.910. The fraction of sp³-hybridized carbons (Fsp3) is 0.727. The summed E-state index contributed by atoms with van der Waals surface area (Å²) >= 11 is 0. The van der Waals surface area contributed by atoms with E-state index in [4.69, 9.17) is 4.74 Å². The molecule has 4 saturated carbocycles. The van der Waals surface area contributed by atoms with Gasteiger partial charge >= 0.3 is 0 Å². The predicted octanol–water partition coefficient (Wildman–Crippen LogP) is 4.10. The van der Waals surface area contributed by atoms with Crippen LogP contribution in [0.1, 0.15) is 58.4 Å². The largest absolute Gasteiger partial charge is 0.376 e. The molecule has 4 nitrogen and oxygen atoms in total. The van der Waals surface area contributed by atoms with Crippen LogP contribution in [-0.2, 0) is 20.2 Å². The molecule has 0 heterocycles. The molecule has 0 aromatic heterocycles. The van der Waals surface area contributed by atoms with Gasteiger partial charge in [-0.25, -0.2) is 13.1 Å². The van der Waals surface area contributed by atoms with Crippen LogP contribution >= 0.6 is 0 Å². The summed E-state index contributed by atoms with van der Waals surface area (Å²) in [6.45, 7) is 6.78. The van der Waals surface area contributed by atoms with Gasteiger partial charge in [-0.15, -0.1) is 0 Å². The number of hydrogen-bond donors (Lipinski definition) is 1. The predicted molar refractivity (Wildman–Crippen MR) is 107 cm³/mol. The van der Waals surface area contributed by atoms with Crippen LogP contribution in [-0.4, -0.2) is 27.7 Å². The van der Waals surface area contributed by atoms with Crippen molar-refractivity contribution < 1.29 is 13.2 Å². The average Bonchev–Trinajstić information content (AvgIpc) is 2.61. The summed E-state index contributed by atoms with van der Waals surface area (Å²) in [7, 11) is -1.76. The van der Waals surface area contributed by atoms with Crippen LogP contribution < -0.4 is 4.72 Å². The molecule has 0 saturated heterocycles. The lowest BCUT2D eigenvalue weighted by atomic mass is 9.50. The Morgan fingerprint density at radius 2 is 1.52 bits per heavy atom. The third kappa shape index (κ3) is 3.36. The molecule has 0 radical (unpaired) electrons. The van der Waals surface area contributed by atoms with Gasteiger partial charge in [-0.2, -0.15) is 0 Å². The van der Waals surface area contributed by atoms with E-state index in [0.717, 1.165) is 17.4 Å². The SMILES string of the molecule is COC1(CNS(=O)(=O)c2ccc(C(C)(C)C)cc2)C2CC3CC(C2)CC1C3. The summed E-state index contributed by atoms with van der Waals surface area (Å²) in [5.41, 5.74) is 0.818. The molecule has 27 heavy (non-hydrogen) atoms. The first-order chi connectivity index (χ1) is 12.6. The highest BCUT2D eigenvalue weighted by atomic mass is 32.2.